The lowest BCUT2D eigenvalue weighted by Gasteiger charge is -2.26. The lowest BCUT2D eigenvalue weighted by atomic mass is 9.95. The largest absolute Gasteiger partial charge is 0.489 e. The van der Waals surface area contributed by atoms with E-state index in [1.54, 1.807) is 18.5 Å². The van der Waals surface area contributed by atoms with Gasteiger partial charge >= 0.3 is 0 Å². The summed E-state index contributed by atoms with van der Waals surface area (Å²) < 4.78 is 27.1. The Labute approximate surface area is 191 Å². The molecule has 3 heterocycles. The molecule has 0 aliphatic carbocycles. The van der Waals surface area contributed by atoms with Crippen molar-refractivity contribution in [2.24, 2.45) is 0 Å². The second-order valence-electron chi connectivity index (χ2n) is 7.83. The number of hydrogen-bond acceptors (Lipinski definition) is 7. The van der Waals surface area contributed by atoms with E-state index in [1.165, 1.54) is 10.7 Å². The lowest BCUT2D eigenvalue weighted by Crippen LogP contribution is -2.38. The van der Waals surface area contributed by atoms with Crippen LogP contribution in [0.5, 0.6) is 5.75 Å². The Morgan fingerprint density at radius 2 is 1.91 bits per heavy atom. The van der Waals surface area contributed by atoms with Gasteiger partial charge < -0.3 is 9.47 Å². The van der Waals surface area contributed by atoms with Gasteiger partial charge in [-0.1, -0.05) is 34.9 Å². The van der Waals surface area contributed by atoms with Crippen LogP contribution in [0.15, 0.2) is 48.8 Å². The third kappa shape index (κ3) is 4.86. The van der Waals surface area contributed by atoms with Gasteiger partial charge in [-0.2, -0.15) is 0 Å². The standard InChI is InChI=1S/C23H22BFN6O2/c24-19-4-5-20-22(21(19)25)31(29-28-20)15-16-2-1-3-17(12-16)23-26-13-18(14-27-23)33-11-8-30-6-9-32-10-7-30/h1-5,12-14H,6-11,15H2. The Balaban J connectivity index is 1.26. The summed E-state index contributed by atoms with van der Waals surface area (Å²) in [7, 11) is 5.71. The summed E-state index contributed by atoms with van der Waals surface area (Å²) in [4.78, 5) is 11.2. The highest BCUT2D eigenvalue weighted by Gasteiger charge is 2.13. The van der Waals surface area contributed by atoms with E-state index in [2.05, 4.69) is 25.2 Å². The van der Waals surface area contributed by atoms with E-state index in [4.69, 9.17) is 17.3 Å². The predicted molar refractivity (Wildman–Crippen MR) is 122 cm³/mol. The molecule has 2 aromatic carbocycles. The van der Waals surface area contributed by atoms with Crippen LogP contribution in [0.4, 0.5) is 4.39 Å². The number of ether oxygens (including phenoxy) is 2. The van der Waals surface area contributed by atoms with Gasteiger partial charge in [0.2, 0.25) is 0 Å². The summed E-state index contributed by atoms with van der Waals surface area (Å²) in [6.07, 6.45) is 3.36. The van der Waals surface area contributed by atoms with Crippen molar-refractivity contribution < 1.29 is 13.9 Å². The molecule has 0 unspecified atom stereocenters. The van der Waals surface area contributed by atoms with Crippen molar-refractivity contribution in [3.63, 3.8) is 0 Å². The van der Waals surface area contributed by atoms with Crippen LogP contribution in [-0.2, 0) is 11.3 Å². The van der Waals surface area contributed by atoms with E-state index in [1.807, 2.05) is 24.3 Å². The highest BCUT2D eigenvalue weighted by atomic mass is 19.1. The van der Waals surface area contributed by atoms with Crippen molar-refractivity contribution >= 4 is 24.3 Å². The molecule has 5 rings (SSSR count). The smallest absolute Gasteiger partial charge is 0.159 e. The summed E-state index contributed by atoms with van der Waals surface area (Å²) in [6, 6.07) is 10.9. The maximum absolute atomic E-state index is 14.5. The molecule has 0 amide bonds. The van der Waals surface area contributed by atoms with Gasteiger partial charge in [0.1, 0.15) is 31.3 Å². The van der Waals surface area contributed by atoms with E-state index >= 15 is 0 Å². The third-order valence-electron chi connectivity index (χ3n) is 5.57. The van der Waals surface area contributed by atoms with Gasteiger partial charge in [-0.25, -0.2) is 19.0 Å². The van der Waals surface area contributed by atoms with Crippen LogP contribution in [0, 0.1) is 5.82 Å². The Kier molecular flexibility index (Phi) is 6.27. The van der Waals surface area contributed by atoms with Gasteiger partial charge in [0.15, 0.2) is 11.6 Å². The molecule has 1 saturated heterocycles. The van der Waals surface area contributed by atoms with Crippen molar-refractivity contribution in [3.8, 4) is 17.1 Å². The molecule has 1 aliphatic rings. The van der Waals surface area contributed by atoms with Crippen LogP contribution in [0.1, 0.15) is 5.56 Å². The quantitative estimate of drug-likeness (QED) is 0.401. The van der Waals surface area contributed by atoms with Crippen LogP contribution >= 0.6 is 0 Å². The molecule has 1 fully saturated rings. The van der Waals surface area contributed by atoms with E-state index in [0.29, 0.717) is 30.2 Å². The topological polar surface area (TPSA) is 78.2 Å². The monoisotopic (exact) mass is 444 g/mol. The van der Waals surface area contributed by atoms with Gasteiger partial charge in [0, 0.05) is 25.2 Å². The van der Waals surface area contributed by atoms with E-state index in [9.17, 15) is 4.39 Å². The second-order valence-corrected chi connectivity index (χ2v) is 7.83. The number of fused-ring (bicyclic) bond motifs is 1. The number of halogens is 1. The first-order valence-corrected chi connectivity index (χ1v) is 10.8. The van der Waals surface area contributed by atoms with Gasteiger partial charge in [-0.15, -0.1) is 5.10 Å². The van der Waals surface area contributed by atoms with Gasteiger partial charge in [0.25, 0.3) is 0 Å². The minimum atomic E-state index is -0.513. The summed E-state index contributed by atoms with van der Waals surface area (Å²) in [5, 5.41) is 8.11. The zero-order valence-corrected chi connectivity index (χ0v) is 18.0. The number of morpholine rings is 1. The lowest BCUT2D eigenvalue weighted by molar-refractivity contribution is 0.0322. The molecule has 0 spiro atoms. The first kappa shape index (κ1) is 21.5. The number of hydrogen-bond donors (Lipinski definition) is 0. The molecule has 0 bridgehead atoms. The Bertz CT molecular complexity index is 1240. The van der Waals surface area contributed by atoms with Crippen LogP contribution in [-0.4, -0.2) is 77.2 Å². The average molecular weight is 444 g/mol. The fourth-order valence-electron chi connectivity index (χ4n) is 3.79. The number of aromatic nitrogens is 5. The van der Waals surface area contributed by atoms with E-state index in [0.717, 1.165) is 44.0 Å². The molecule has 2 radical (unpaired) electrons. The second kappa shape index (κ2) is 9.64. The van der Waals surface area contributed by atoms with Gasteiger partial charge in [-0.3, -0.25) is 4.90 Å². The molecule has 2 aromatic heterocycles. The van der Waals surface area contributed by atoms with E-state index < -0.39 is 5.82 Å². The zero-order chi connectivity index (χ0) is 22.6. The molecule has 8 nitrogen and oxygen atoms in total. The predicted octanol–water partition coefficient (Wildman–Crippen LogP) is 1.58. The van der Waals surface area contributed by atoms with Gasteiger partial charge in [0.05, 0.1) is 32.2 Å². The molecule has 166 valence electrons. The minimum Gasteiger partial charge on any atom is -0.489 e. The number of rotatable bonds is 7. The maximum atomic E-state index is 14.5. The zero-order valence-electron chi connectivity index (χ0n) is 18.0. The van der Waals surface area contributed by atoms with Crippen molar-refractivity contribution in [2.45, 2.75) is 6.54 Å². The number of benzene rings is 2. The minimum absolute atomic E-state index is 0.0699. The van der Waals surface area contributed by atoms with Crippen molar-refractivity contribution in [2.75, 3.05) is 39.5 Å². The highest BCUT2D eigenvalue weighted by Crippen LogP contribution is 2.20. The molecule has 0 atom stereocenters. The Morgan fingerprint density at radius 1 is 1.09 bits per heavy atom. The highest BCUT2D eigenvalue weighted by molar-refractivity contribution is 6.33. The first-order chi connectivity index (χ1) is 16.2. The maximum Gasteiger partial charge on any atom is 0.159 e. The molecule has 10 heteroatoms. The Morgan fingerprint density at radius 3 is 2.73 bits per heavy atom. The molecule has 0 saturated carbocycles. The molecule has 33 heavy (non-hydrogen) atoms. The molecule has 1 aliphatic heterocycles. The van der Waals surface area contributed by atoms with Crippen LogP contribution in [0.3, 0.4) is 0 Å². The average Bonchev–Trinajstić information content (AvgIpc) is 3.26. The summed E-state index contributed by atoms with van der Waals surface area (Å²) in [5.41, 5.74) is 2.58. The van der Waals surface area contributed by atoms with Gasteiger partial charge in [-0.05, 0) is 17.7 Å². The van der Waals surface area contributed by atoms with E-state index in [-0.39, 0.29) is 11.0 Å². The molecule has 4 aromatic rings. The molecular formula is C23H22BFN6O2. The fourth-order valence-corrected chi connectivity index (χ4v) is 3.79. The third-order valence-corrected chi connectivity index (χ3v) is 5.57. The van der Waals surface area contributed by atoms with Crippen LogP contribution in [0.25, 0.3) is 22.4 Å². The normalized spacial score (nSPS) is 14.6. The SMILES string of the molecule is [B]c1ccc2nnn(Cc3cccc(-c4ncc(OCCN5CCOCC5)cn4)c3)c2c1F. The number of nitrogens with zero attached hydrogens (tertiary/aromatic N) is 6. The summed E-state index contributed by atoms with van der Waals surface area (Å²) in [6.45, 7) is 5.16. The summed E-state index contributed by atoms with van der Waals surface area (Å²) >= 11 is 0. The van der Waals surface area contributed by atoms with Crippen LogP contribution in [0.2, 0.25) is 0 Å². The van der Waals surface area contributed by atoms with Crippen molar-refractivity contribution in [1.82, 2.24) is 29.9 Å². The van der Waals surface area contributed by atoms with Crippen molar-refractivity contribution in [3.05, 3.63) is 60.2 Å². The van der Waals surface area contributed by atoms with Crippen LogP contribution < -0.4 is 10.2 Å². The summed E-state index contributed by atoms with van der Waals surface area (Å²) in [5.74, 6) is 0.697. The molecular weight excluding hydrogens is 422 g/mol. The fraction of sp³-hybridized carbons (Fsp3) is 0.304. The van der Waals surface area contributed by atoms with Crippen molar-refractivity contribution in [1.29, 1.82) is 0 Å². The first-order valence-electron chi connectivity index (χ1n) is 10.8. The Hall–Kier alpha value is -3.37. The molecule has 0 N–H and O–H groups in total.